The van der Waals surface area contributed by atoms with Crippen LogP contribution >= 0.6 is 0 Å². The molecule has 0 amide bonds. The minimum absolute atomic E-state index is 0.762. The van der Waals surface area contributed by atoms with E-state index in [-0.39, 0.29) is 0 Å². The van der Waals surface area contributed by atoms with Crippen LogP contribution < -0.4 is 0 Å². The predicted molar refractivity (Wildman–Crippen MR) is 138 cm³/mol. The highest BCUT2D eigenvalue weighted by molar-refractivity contribution is 6.26. The van der Waals surface area contributed by atoms with Crippen molar-refractivity contribution < 1.29 is 0 Å². The Morgan fingerprint density at radius 1 is 0.758 bits per heavy atom. The molecular formula is C30H23N3. The molecule has 0 saturated heterocycles. The fourth-order valence-corrected chi connectivity index (χ4v) is 4.44. The summed E-state index contributed by atoms with van der Waals surface area (Å²) in [7, 11) is 0. The minimum Gasteiger partial charge on any atom is -0.339 e. The fraction of sp³-hybridized carbons (Fsp3) is 0.0667. The second-order valence-electron chi connectivity index (χ2n) is 8.32. The Bertz CT molecular complexity index is 1420. The molecule has 1 aromatic heterocycles. The highest BCUT2D eigenvalue weighted by Crippen LogP contribution is 2.37. The van der Waals surface area contributed by atoms with Crippen LogP contribution in [0.2, 0.25) is 0 Å². The van der Waals surface area contributed by atoms with Crippen LogP contribution in [0.3, 0.4) is 0 Å². The van der Waals surface area contributed by atoms with Gasteiger partial charge in [0.2, 0.25) is 0 Å². The van der Waals surface area contributed by atoms with Crippen molar-refractivity contribution in [3.8, 4) is 11.3 Å². The maximum Gasteiger partial charge on any atom is 0.162 e. The van der Waals surface area contributed by atoms with Gasteiger partial charge >= 0.3 is 0 Å². The lowest BCUT2D eigenvalue weighted by Crippen LogP contribution is -1.98. The predicted octanol–water partition coefficient (Wildman–Crippen LogP) is 7.37. The number of aromatic nitrogens is 1. The molecule has 0 spiro atoms. The summed E-state index contributed by atoms with van der Waals surface area (Å²) < 4.78 is 0. The molecule has 0 fully saturated rings. The molecule has 0 radical (unpaired) electrons. The molecule has 0 saturated carbocycles. The molecule has 158 valence electrons. The zero-order valence-corrected chi connectivity index (χ0v) is 18.2. The average Bonchev–Trinajstić information content (AvgIpc) is 3.67. The van der Waals surface area contributed by atoms with Crippen LogP contribution in [-0.2, 0) is 0 Å². The van der Waals surface area contributed by atoms with E-state index in [1.54, 1.807) is 0 Å². The molecule has 2 heterocycles. The first-order valence-electron chi connectivity index (χ1n) is 11.3. The van der Waals surface area contributed by atoms with Crippen LogP contribution in [0.4, 0.5) is 5.82 Å². The van der Waals surface area contributed by atoms with E-state index in [0.717, 1.165) is 58.2 Å². The molecule has 33 heavy (non-hydrogen) atoms. The molecule has 0 atom stereocenters. The van der Waals surface area contributed by atoms with Crippen LogP contribution in [0.25, 0.3) is 16.8 Å². The molecule has 6 rings (SSSR count). The van der Waals surface area contributed by atoms with E-state index in [1.807, 2.05) is 24.3 Å². The number of allylic oxidation sites excluding steroid dienone is 8. The summed E-state index contributed by atoms with van der Waals surface area (Å²) in [6.07, 6.45) is 16.9. The van der Waals surface area contributed by atoms with E-state index < -0.39 is 0 Å². The number of nitrogens with zero attached hydrogens (tertiary/aromatic N) is 2. The molecule has 3 heteroatoms. The number of aromatic amines is 1. The highest BCUT2D eigenvalue weighted by atomic mass is 15.0. The summed E-state index contributed by atoms with van der Waals surface area (Å²) in [6.45, 7) is 0. The Labute approximate surface area is 193 Å². The van der Waals surface area contributed by atoms with E-state index in [2.05, 4.69) is 90.0 Å². The SMILES string of the molecule is C1=CCC(C2=CC(c3ccccc3)=N/C2=N/c2[nH]c(-c3ccccc3)cc2C2=CC=CC2)=C1. The van der Waals surface area contributed by atoms with Gasteiger partial charge in [-0.25, -0.2) is 9.98 Å². The van der Waals surface area contributed by atoms with Gasteiger partial charge in [-0.05, 0) is 41.7 Å². The van der Waals surface area contributed by atoms with Crippen LogP contribution in [0, 0.1) is 0 Å². The van der Waals surface area contributed by atoms with Crippen molar-refractivity contribution in [2.24, 2.45) is 9.98 Å². The summed E-state index contributed by atoms with van der Waals surface area (Å²) in [5, 5.41) is 0. The first-order chi connectivity index (χ1) is 16.3. The Morgan fingerprint density at radius 2 is 1.42 bits per heavy atom. The van der Waals surface area contributed by atoms with Crippen molar-refractivity contribution >= 4 is 22.9 Å². The number of rotatable bonds is 5. The van der Waals surface area contributed by atoms with Crippen molar-refractivity contribution in [2.75, 3.05) is 0 Å². The number of H-pyrrole nitrogens is 1. The van der Waals surface area contributed by atoms with Crippen molar-refractivity contribution in [2.45, 2.75) is 12.8 Å². The zero-order chi connectivity index (χ0) is 22.0. The van der Waals surface area contributed by atoms with Crippen molar-refractivity contribution in [1.29, 1.82) is 0 Å². The first-order valence-corrected chi connectivity index (χ1v) is 11.3. The van der Waals surface area contributed by atoms with Gasteiger partial charge in [0.05, 0.1) is 5.71 Å². The molecule has 3 aromatic rings. The maximum absolute atomic E-state index is 5.12. The van der Waals surface area contributed by atoms with Gasteiger partial charge < -0.3 is 4.98 Å². The van der Waals surface area contributed by atoms with Gasteiger partial charge in [-0.15, -0.1) is 0 Å². The molecule has 2 aromatic carbocycles. The van der Waals surface area contributed by atoms with Gasteiger partial charge in [0, 0.05) is 22.4 Å². The largest absolute Gasteiger partial charge is 0.339 e. The zero-order valence-electron chi connectivity index (χ0n) is 18.2. The third-order valence-electron chi connectivity index (χ3n) is 6.15. The van der Waals surface area contributed by atoms with Crippen LogP contribution in [0.1, 0.15) is 24.0 Å². The summed E-state index contributed by atoms with van der Waals surface area (Å²) in [5.41, 5.74) is 9.02. The van der Waals surface area contributed by atoms with Crippen molar-refractivity contribution in [3.63, 3.8) is 0 Å². The molecular weight excluding hydrogens is 402 g/mol. The molecule has 1 N–H and O–H groups in total. The van der Waals surface area contributed by atoms with Gasteiger partial charge in [-0.2, -0.15) is 0 Å². The lowest BCUT2D eigenvalue weighted by atomic mass is 10.0. The quantitative estimate of drug-likeness (QED) is 0.443. The number of benzene rings is 2. The first kappa shape index (κ1) is 19.4. The number of hydrogen-bond donors (Lipinski definition) is 1. The Kier molecular flexibility index (Phi) is 4.93. The van der Waals surface area contributed by atoms with E-state index >= 15 is 0 Å². The van der Waals surface area contributed by atoms with Crippen LogP contribution in [0.15, 0.2) is 130 Å². The minimum atomic E-state index is 0.762. The van der Waals surface area contributed by atoms with E-state index in [9.17, 15) is 0 Å². The third-order valence-corrected chi connectivity index (χ3v) is 6.15. The normalized spacial score (nSPS) is 18.0. The Balaban J connectivity index is 1.47. The summed E-state index contributed by atoms with van der Waals surface area (Å²) in [6, 6.07) is 22.9. The standard InChI is InChI=1S/C30H23N3/c1-3-15-23(16-4-1)27-19-25(21-11-7-8-12-21)29(31-27)33-30-26(22-13-9-10-14-22)20-28(32-30)24-17-5-2-6-18-24/h1-11,13,15-20,31H,12,14H2/b33-30+. The number of amidine groups is 1. The van der Waals surface area contributed by atoms with Gasteiger partial charge in [-0.3, -0.25) is 0 Å². The average molecular weight is 426 g/mol. The van der Waals surface area contributed by atoms with E-state index in [0.29, 0.717) is 0 Å². The number of aliphatic imine (C=N–C) groups is 2. The number of nitrogens with one attached hydrogen (secondary N) is 1. The molecule has 3 aliphatic rings. The van der Waals surface area contributed by atoms with E-state index in [1.165, 1.54) is 11.1 Å². The Morgan fingerprint density at radius 3 is 2.09 bits per heavy atom. The van der Waals surface area contributed by atoms with Crippen molar-refractivity contribution in [3.05, 3.63) is 132 Å². The molecule has 2 aliphatic carbocycles. The lowest BCUT2D eigenvalue weighted by molar-refractivity contribution is 1.27. The Hall–Kier alpha value is -4.24. The summed E-state index contributed by atoms with van der Waals surface area (Å²) in [5.74, 6) is 1.62. The van der Waals surface area contributed by atoms with Crippen LogP contribution in [0.5, 0.6) is 0 Å². The van der Waals surface area contributed by atoms with Crippen LogP contribution in [-0.4, -0.2) is 16.5 Å². The fourth-order valence-electron chi connectivity index (χ4n) is 4.44. The summed E-state index contributed by atoms with van der Waals surface area (Å²) in [4.78, 5) is 13.7. The van der Waals surface area contributed by atoms with E-state index in [4.69, 9.17) is 9.98 Å². The topological polar surface area (TPSA) is 40.5 Å². The molecule has 0 unspecified atom stereocenters. The maximum atomic E-state index is 5.12. The molecule has 3 nitrogen and oxygen atoms in total. The second kappa shape index (κ2) is 8.36. The number of hydrogen-bond acceptors (Lipinski definition) is 1. The highest BCUT2D eigenvalue weighted by Gasteiger charge is 2.23. The lowest BCUT2D eigenvalue weighted by Gasteiger charge is -2.05. The molecule has 0 bridgehead atoms. The van der Waals surface area contributed by atoms with Crippen molar-refractivity contribution in [1.82, 2.24) is 4.98 Å². The van der Waals surface area contributed by atoms with Gasteiger partial charge in [0.1, 0.15) is 5.82 Å². The van der Waals surface area contributed by atoms with Gasteiger partial charge in [0.15, 0.2) is 5.84 Å². The van der Waals surface area contributed by atoms with Gasteiger partial charge in [-0.1, -0.05) is 97.1 Å². The monoisotopic (exact) mass is 425 g/mol. The third kappa shape index (κ3) is 3.79. The van der Waals surface area contributed by atoms with Gasteiger partial charge in [0.25, 0.3) is 0 Å². The smallest absolute Gasteiger partial charge is 0.162 e. The second-order valence-corrected chi connectivity index (χ2v) is 8.32. The molecule has 1 aliphatic heterocycles. The summed E-state index contributed by atoms with van der Waals surface area (Å²) >= 11 is 0.